The number of aliphatic hydroxyl groups is 1. The number of rotatable bonds is 4. The first-order valence-electron chi connectivity index (χ1n) is 9.69. The van der Waals surface area contributed by atoms with Gasteiger partial charge in [-0.05, 0) is 29.7 Å². The Labute approximate surface area is 163 Å². The number of piperazine rings is 1. The van der Waals surface area contributed by atoms with Crippen LogP contribution in [0.15, 0.2) is 42.6 Å². The first-order valence-corrected chi connectivity index (χ1v) is 9.69. The number of aromatic nitrogens is 1. The highest BCUT2D eigenvalue weighted by Crippen LogP contribution is 2.35. The highest BCUT2D eigenvalue weighted by molar-refractivity contribution is 5.78. The number of likely N-dealkylation sites (tertiary alicyclic amines) is 2. The van der Waals surface area contributed by atoms with Gasteiger partial charge in [-0.3, -0.25) is 9.69 Å². The van der Waals surface area contributed by atoms with Crippen molar-refractivity contribution in [3.8, 4) is 11.6 Å². The molecular weight excluding hydrogens is 358 g/mol. The molecule has 0 spiro atoms. The minimum absolute atomic E-state index is 0.151. The Kier molecular flexibility index (Phi) is 4.41. The summed E-state index contributed by atoms with van der Waals surface area (Å²) in [5.41, 5.74) is 2.31. The number of fused-ring (bicyclic) bond motifs is 3. The fourth-order valence-electron chi connectivity index (χ4n) is 4.48. The summed E-state index contributed by atoms with van der Waals surface area (Å²) in [7, 11) is 0. The average Bonchev–Trinajstić information content (AvgIpc) is 3.34. The molecule has 0 radical (unpaired) electrons. The maximum Gasteiger partial charge on any atom is 0.257 e. The lowest BCUT2D eigenvalue weighted by Crippen LogP contribution is -2.49. The van der Waals surface area contributed by atoms with Crippen LogP contribution in [0.25, 0.3) is 0 Å². The van der Waals surface area contributed by atoms with Crippen LogP contribution in [0.4, 0.5) is 0 Å². The smallest absolute Gasteiger partial charge is 0.257 e. The number of nitrogens with zero attached hydrogens (tertiary/aromatic N) is 3. The van der Waals surface area contributed by atoms with Gasteiger partial charge in [-0.25, -0.2) is 4.98 Å². The number of hydrogen-bond acceptors (Lipinski definition) is 6. The Morgan fingerprint density at radius 1 is 1.18 bits per heavy atom. The van der Waals surface area contributed by atoms with Gasteiger partial charge >= 0.3 is 0 Å². The van der Waals surface area contributed by atoms with Crippen LogP contribution in [0.2, 0.25) is 0 Å². The summed E-state index contributed by atoms with van der Waals surface area (Å²) < 4.78 is 11.7. The second-order valence-corrected chi connectivity index (χ2v) is 7.64. The third-order valence-corrected chi connectivity index (χ3v) is 5.93. The van der Waals surface area contributed by atoms with Crippen LogP contribution in [0, 0.1) is 0 Å². The maximum atomic E-state index is 11.8. The van der Waals surface area contributed by atoms with Gasteiger partial charge in [-0.15, -0.1) is 0 Å². The average molecular weight is 381 g/mol. The van der Waals surface area contributed by atoms with E-state index in [1.807, 2.05) is 17.0 Å². The molecule has 7 heteroatoms. The maximum absolute atomic E-state index is 11.8. The molecule has 3 aliphatic rings. The van der Waals surface area contributed by atoms with E-state index in [0.29, 0.717) is 24.3 Å². The molecule has 5 rings (SSSR count). The highest BCUT2D eigenvalue weighted by Gasteiger charge is 2.44. The Hall–Kier alpha value is -2.64. The number of amides is 1. The first-order chi connectivity index (χ1) is 13.7. The lowest BCUT2D eigenvalue weighted by atomic mass is 10.1. The van der Waals surface area contributed by atoms with E-state index < -0.39 is 6.61 Å². The normalized spacial score (nSPS) is 25.9. The molecule has 3 aliphatic heterocycles. The standard InChI is InChI=1S/C21H23N3O4/c25-12-20(26)24-11-16-8-17(24)10-23(16)9-14-3-5-15(6-4-14)19-13-27-18-2-1-7-22-21(18)28-19/h1-7,16-17,19,25H,8-13H2/t16-,17-,19+/m0/s1. The van der Waals surface area contributed by atoms with E-state index in [0.717, 1.165) is 31.6 Å². The van der Waals surface area contributed by atoms with Gasteiger partial charge in [-0.2, -0.15) is 0 Å². The molecule has 28 heavy (non-hydrogen) atoms. The minimum atomic E-state index is -0.391. The van der Waals surface area contributed by atoms with Gasteiger partial charge in [0.25, 0.3) is 5.88 Å². The molecule has 1 aromatic carbocycles. The second kappa shape index (κ2) is 7.07. The van der Waals surface area contributed by atoms with E-state index in [1.165, 1.54) is 5.56 Å². The summed E-state index contributed by atoms with van der Waals surface area (Å²) in [5.74, 6) is 1.08. The van der Waals surface area contributed by atoms with Crippen molar-refractivity contribution in [1.29, 1.82) is 0 Å². The van der Waals surface area contributed by atoms with E-state index in [-0.39, 0.29) is 18.1 Å². The Bertz CT molecular complexity index is 872. The van der Waals surface area contributed by atoms with Crippen molar-refractivity contribution < 1.29 is 19.4 Å². The molecule has 0 unspecified atom stereocenters. The Morgan fingerprint density at radius 2 is 2.04 bits per heavy atom. The lowest BCUT2D eigenvalue weighted by molar-refractivity contribution is -0.136. The van der Waals surface area contributed by atoms with Crippen molar-refractivity contribution >= 4 is 5.91 Å². The Balaban J connectivity index is 1.21. The van der Waals surface area contributed by atoms with Gasteiger partial charge in [0.05, 0.1) is 0 Å². The molecule has 2 saturated heterocycles. The van der Waals surface area contributed by atoms with Gasteiger partial charge in [-0.1, -0.05) is 24.3 Å². The summed E-state index contributed by atoms with van der Waals surface area (Å²) in [6.45, 7) is 2.55. The van der Waals surface area contributed by atoms with Gasteiger partial charge < -0.3 is 19.5 Å². The zero-order valence-electron chi connectivity index (χ0n) is 15.5. The molecule has 4 heterocycles. The number of pyridine rings is 1. The summed E-state index contributed by atoms with van der Waals surface area (Å²) in [4.78, 5) is 20.3. The zero-order valence-corrected chi connectivity index (χ0v) is 15.5. The van der Waals surface area contributed by atoms with Crippen LogP contribution < -0.4 is 9.47 Å². The second-order valence-electron chi connectivity index (χ2n) is 7.64. The summed E-state index contributed by atoms with van der Waals surface area (Å²) in [6, 6.07) is 12.8. The molecule has 2 bridgehead atoms. The quantitative estimate of drug-likeness (QED) is 0.862. The molecule has 1 aromatic heterocycles. The molecule has 0 aliphatic carbocycles. The van der Waals surface area contributed by atoms with Crippen molar-refractivity contribution in [2.45, 2.75) is 31.2 Å². The predicted octanol–water partition coefficient (Wildman–Crippen LogP) is 1.37. The minimum Gasteiger partial charge on any atom is -0.484 e. The monoisotopic (exact) mass is 381 g/mol. The van der Waals surface area contributed by atoms with Crippen molar-refractivity contribution in [2.75, 3.05) is 26.3 Å². The number of hydrogen-bond donors (Lipinski definition) is 1. The molecule has 1 N–H and O–H groups in total. The van der Waals surface area contributed by atoms with Gasteiger partial charge in [0.15, 0.2) is 11.9 Å². The number of benzene rings is 1. The van der Waals surface area contributed by atoms with Crippen molar-refractivity contribution in [3.05, 3.63) is 53.7 Å². The van der Waals surface area contributed by atoms with Gasteiger partial charge in [0.2, 0.25) is 5.91 Å². The molecule has 3 atom stereocenters. The van der Waals surface area contributed by atoms with E-state index in [9.17, 15) is 4.79 Å². The van der Waals surface area contributed by atoms with E-state index in [4.69, 9.17) is 14.6 Å². The van der Waals surface area contributed by atoms with Crippen LogP contribution in [-0.4, -0.2) is 64.2 Å². The number of carbonyl (C=O) groups excluding carboxylic acids is 1. The van der Waals surface area contributed by atoms with Crippen LogP contribution in [0.5, 0.6) is 11.6 Å². The number of ether oxygens (including phenoxy) is 2. The Morgan fingerprint density at radius 3 is 2.79 bits per heavy atom. The molecule has 2 aromatic rings. The predicted molar refractivity (Wildman–Crippen MR) is 101 cm³/mol. The van der Waals surface area contributed by atoms with Crippen LogP contribution in [0.3, 0.4) is 0 Å². The first kappa shape index (κ1) is 17.5. The fourth-order valence-corrected chi connectivity index (χ4v) is 4.48. The SMILES string of the molecule is O=C(CO)N1C[C@@H]2C[C@H]1CN2Cc1ccc([C@H]2COc3cccnc3O2)cc1. The van der Waals surface area contributed by atoms with Crippen LogP contribution in [-0.2, 0) is 11.3 Å². The largest absolute Gasteiger partial charge is 0.484 e. The number of aliphatic hydroxyl groups excluding tert-OH is 1. The lowest BCUT2D eigenvalue weighted by Gasteiger charge is -2.34. The third-order valence-electron chi connectivity index (χ3n) is 5.93. The van der Waals surface area contributed by atoms with Crippen molar-refractivity contribution in [3.63, 3.8) is 0 Å². The molecule has 146 valence electrons. The van der Waals surface area contributed by atoms with Crippen LogP contribution >= 0.6 is 0 Å². The summed E-state index contributed by atoms with van der Waals surface area (Å²) in [5, 5.41) is 9.08. The summed E-state index contributed by atoms with van der Waals surface area (Å²) in [6.07, 6.45) is 2.55. The fraction of sp³-hybridized carbons (Fsp3) is 0.429. The van der Waals surface area contributed by atoms with E-state index in [2.05, 4.69) is 34.1 Å². The summed E-state index contributed by atoms with van der Waals surface area (Å²) >= 11 is 0. The molecule has 1 amide bonds. The molecule has 0 saturated carbocycles. The van der Waals surface area contributed by atoms with Crippen molar-refractivity contribution in [2.24, 2.45) is 0 Å². The van der Waals surface area contributed by atoms with Gasteiger partial charge in [0.1, 0.15) is 13.2 Å². The highest BCUT2D eigenvalue weighted by atomic mass is 16.6. The molecule has 2 fully saturated rings. The van der Waals surface area contributed by atoms with E-state index in [1.54, 1.807) is 6.20 Å². The van der Waals surface area contributed by atoms with Crippen LogP contribution in [0.1, 0.15) is 23.7 Å². The molecular formula is C21H23N3O4. The zero-order chi connectivity index (χ0) is 19.1. The topological polar surface area (TPSA) is 75.1 Å². The number of carbonyl (C=O) groups is 1. The van der Waals surface area contributed by atoms with E-state index >= 15 is 0 Å². The molecule has 7 nitrogen and oxygen atoms in total. The van der Waals surface area contributed by atoms with Gasteiger partial charge in [0, 0.05) is 37.9 Å². The third kappa shape index (κ3) is 3.10. The van der Waals surface area contributed by atoms with Crippen molar-refractivity contribution in [1.82, 2.24) is 14.8 Å².